The number of aliphatic hydroxyl groups is 1. The average molecular weight is 919 g/mol. The number of rotatable bonds is 11. The summed E-state index contributed by atoms with van der Waals surface area (Å²) in [6.45, 7) is 11.1. The van der Waals surface area contributed by atoms with Gasteiger partial charge in [0.25, 0.3) is 5.91 Å². The second kappa shape index (κ2) is 18.3. The van der Waals surface area contributed by atoms with E-state index in [9.17, 15) is 24.6 Å². The lowest BCUT2D eigenvalue weighted by molar-refractivity contribution is -0.146. The quantitative estimate of drug-likeness (QED) is 0.0865. The van der Waals surface area contributed by atoms with Crippen molar-refractivity contribution in [3.8, 4) is 38.6 Å². The number of aromatic nitrogens is 6. The van der Waals surface area contributed by atoms with Crippen LogP contribution in [-0.4, -0.2) is 100 Å². The van der Waals surface area contributed by atoms with Gasteiger partial charge in [-0.1, -0.05) is 69.3 Å². The predicted molar refractivity (Wildman–Crippen MR) is 258 cm³/mol. The molecule has 2 fully saturated rings. The van der Waals surface area contributed by atoms with Crippen molar-refractivity contribution in [3.63, 3.8) is 0 Å². The third-order valence-electron chi connectivity index (χ3n) is 13.5. The summed E-state index contributed by atoms with van der Waals surface area (Å²) < 4.78 is 0. The van der Waals surface area contributed by atoms with E-state index in [2.05, 4.69) is 41.8 Å². The molecule has 0 bridgehead atoms. The highest BCUT2D eigenvalue weighted by molar-refractivity contribution is 7.13. The van der Waals surface area contributed by atoms with Gasteiger partial charge in [0.15, 0.2) is 5.65 Å². The number of β-amino-alcohol motifs (C(OH)–C–C–N with tert-alkyl or cyclic N) is 1. The Morgan fingerprint density at radius 1 is 0.866 bits per heavy atom. The van der Waals surface area contributed by atoms with Crippen molar-refractivity contribution in [2.75, 3.05) is 24.5 Å². The van der Waals surface area contributed by atoms with Crippen molar-refractivity contribution in [2.45, 2.75) is 84.0 Å². The van der Waals surface area contributed by atoms with Crippen LogP contribution in [0.3, 0.4) is 0 Å². The minimum Gasteiger partial charge on any atom is -0.507 e. The fourth-order valence-corrected chi connectivity index (χ4v) is 9.74. The zero-order valence-corrected chi connectivity index (χ0v) is 39.0. The Bertz CT molecular complexity index is 2920. The van der Waals surface area contributed by atoms with Gasteiger partial charge in [0.05, 0.1) is 27.9 Å². The number of aromatic amines is 1. The summed E-state index contributed by atoms with van der Waals surface area (Å²) in [7, 11) is 0. The third kappa shape index (κ3) is 9.23. The third-order valence-corrected chi connectivity index (χ3v) is 14.5. The lowest BCUT2D eigenvalue weighted by atomic mass is 9.73. The number of anilines is 1. The molecule has 344 valence electrons. The number of hydrogen-bond acceptors (Lipinski definition) is 12. The molecule has 3 atom stereocenters. The first-order valence-corrected chi connectivity index (χ1v) is 23.4. The molecule has 2 aliphatic rings. The summed E-state index contributed by atoms with van der Waals surface area (Å²) in [5.41, 5.74) is 7.60. The number of carbonyl (C=O) groups is 3. The van der Waals surface area contributed by atoms with Crippen LogP contribution in [0.1, 0.15) is 80.2 Å². The Labute approximate surface area is 392 Å². The molecule has 9 rings (SSSR count). The molecule has 0 spiro atoms. The number of phenols is 1. The van der Waals surface area contributed by atoms with Gasteiger partial charge in [-0.25, -0.2) is 15.0 Å². The molecule has 2 aliphatic heterocycles. The number of nitrogens with zero attached hydrogens (tertiary/aromatic N) is 7. The second-order valence-electron chi connectivity index (χ2n) is 18.8. The molecule has 0 radical (unpaired) electrons. The number of H-pyrrole nitrogens is 1. The number of fused-ring (bicyclic) bond motifs is 1. The molecular formula is C51H54N10O5S. The minimum atomic E-state index is -1.43. The summed E-state index contributed by atoms with van der Waals surface area (Å²) >= 11 is 1.58. The van der Waals surface area contributed by atoms with Crippen LogP contribution in [0.4, 0.5) is 5.95 Å². The van der Waals surface area contributed by atoms with Gasteiger partial charge in [-0.15, -0.1) is 21.5 Å². The summed E-state index contributed by atoms with van der Waals surface area (Å²) in [6, 6.07) is 25.3. The summed E-state index contributed by atoms with van der Waals surface area (Å²) in [4.78, 5) is 64.0. The number of likely N-dealkylation sites (tertiary alicyclic amines) is 1. The number of hydrogen-bond donors (Lipinski definition) is 5. The van der Waals surface area contributed by atoms with Gasteiger partial charge >= 0.3 is 0 Å². The van der Waals surface area contributed by atoms with E-state index in [1.165, 1.54) is 4.90 Å². The van der Waals surface area contributed by atoms with Crippen molar-refractivity contribution in [1.82, 2.24) is 45.7 Å². The van der Waals surface area contributed by atoms with E-state index in [0.29, 0.717) is 28.7 Å². The molecule has 6 heterocycles. The molecule has 0 unspecified atom stereocenters. The molecular weight excluding hydrogens is 865 g/mol. The highest BCUT2D eigenvalue weighted by atomic mass is 32.1. The molecule has 7 aromatic rings. The number of phenolic OH excluding ortho intramolecular Hbond substituents is 1. The number of amides is 3. The van der Waals surface area contributed by atoms with E-state index in [1.807, 2.05) is 87.8 Å². The van der Waals surface area contributed by atoms with Gasteiger partial charge in [0, 0.05) is 78.7 Å². The van der Waals surface area contributed by atoms with Crippen LogP contribution in [0.15, 0.2) is 103 Å². The maximum Gasteiger partial charge on any atom is 0.252 e. The first-order valence-electron chi connectivity index (χ1n) is 22.6. The molecule has 2 saturated heterocycles. The van der Waals surface area contributed by atoms with Crippen LogP contribution in [0.25, 0.3) is 43.9 Å². The highest BCUT2D eigenvalue weighted by Gasteiger charge is 2.52. The molecule has 3 aromatic carbocycles. The normalized spacial score (nSPS) is 17.6. The van der Waals surface area contributed by atoms with Crippen molar-refractivity contribution in [2.24, 2.45) is 5.41 Å². The number of thiazole rings is 1. The average Bonchev–Trinajstić information content (AvgIpc) is 4.08. The zero-order chi connectivity index (χ0) is 47.0. The second-order valence-corrected chi connectivity index (χ2v) is 19.6. The lowest BCUT2D eigenvalue weighted by Crippen LogP contribution is -2.66. The fourth-order valence-electron chi connectivity index (χ4n) is 8.93. The van der Waals surface area contributed by atoms with Crippen molar-refractivity contribution in [1.29, 1.82) is 0 Å². The molecule has 5 N–H and O–H groups in total. The van der Waals surface area contributed by atoms with E-state index in [4.69, 9.17) is 9.97 Å². The van der Waals surface area contributed by atoms with E-state index in [-0.39, 0.29) is 31.2 Å². The number of carbonyl (C=O) groups excluding carboxylic acids is 3. The van der Waals surface area contributed by atoms with Gasteiger partial charge in [-0.2, -0.15) is 0 Å². The van der Waals surface area contributed by atoms with Gasteiger partial charge < -0.3 is 35.6 Å². The first-order chi connectivity index (χ1) is 32.1. The molecule has 16 heteroatoms. The van der Waals surface area contributed by atoms with E-state index >= 15 is 0 Å². The lowest BCUT2D eigenvalue weighted by Gasteiger charge is -2.44. The summed E-state index contributed by atoms with van der Waals surface area (Å²) in [5, 5.41) is 36.7. The first kappa shape index (κ1) is 45.1. The Balaban J connectivity index is 0.804. The summed E-state index contributed by atoms with van der Waals surface area (Å²) in [6.07, 6.45) is 4.58. The molecule has 0 saturated carbocycles. The maximum atomic E-state index is 14.5. The number of piperidine rings is 1. The predicted octanol–water partition coefficient (Wildman–Crippen LogP) is 7.42. The Morgan fingerprint density at radius 2 is 1.57 bits per heavy atom. The number of aliphatic hydroxyl groups excluding tert-OH is 1. The molecule has 15 nitrogen and oxygen atoms in total. The van der Waals surface area contributed by atoms with E-state index in [0.717, 1.165) is 75.5 Å². The van der Waals surface area contributed by atoms with Crippen molar-refractivity contribution < 1.29 is 24.6 Å². The van der Waals surface area contributed by atoms with Crippen molar-refractivity contribution >= 4 is 46.0 Å². The summed E-state index contributed by atoms with van der Waals surface area (Å²) in [5.74, 6) is -0.127. The minimum absolute atomic E-state index is 0.0272. The van der Waals surface area contributed by atoms with Crippen LogP contribution in [0, 0.1) is 12.3 Å². The molecule has 3 amide bonds. The van der Waals surface area contributed by atoms with E-state index in [1.54, 1.807) is 54.9 Å². The SMILES string of the molecule is Cc1ncsc1-c1ccc(CNC(=O)[C@@H]2C[C@@H](O)CN2C(=O)[C@](C)(NC(=O)c2ccc(-c3cnc(N4CCC(c5cc6cc(-c7ccccc7O)nnc6[nH]5)CC4)nc3)cc2)C(C)(C)C)cc1. The van der Waals surface area contributed by atoms with Crippen LogP contribution in [-0.2, 0) is 16.1 Å². The largest absolute Gasteiger partial charge is 0.507 e. The zero-order valence-electron chi connectivity index (χ0n) is 38.2. The van der Waals surface area contributed by atoms with Crippen LogP contribution >= 0.6 is 11.3 Å². The van der Waals surface area contributed by atoms with Crippen LogP contribution < -0.4 is 15.5 Å². The standard InChI is InChI=1S/C51H54N10O5S/c1-30-44(67-29-55-30)34-12-10-31(11-13-34)25-52-47(65)42-24-38(62)28-61(42)48(66)51(5,50(2,3)4)57-46(64)35-16-14-32(15-17-35)37-26-53-49(54-27-37)60-20-18-33(19-21-60)40-22-36-23-41(58-59-45(36)56-40)39-8-6-7-9-43(39)63/h6-17,22-23,26-27,29,33,38,42,62-63H,18-21,24-25,28H2,1-5H3,(H,52,65)(H,56,59)(H,57,64)/t38-,42+,51+/m1/s1. The van der Waals surface area contributed by atoms with Crippen LogP contribution in [0.5, 0.6) is 5.75 Å². The number of aromatic hydroxyl groups is 1. The Hall–Kier alpha value is -7.04. The van der Waals surface area contributed by atoms with Gasteiger partial charge in [0.1, 0.15) is 17.3 Å². The van der Waals surface area contributed by atoms with E-state index < -0.39 is 34.9 Å². The fraction of sp³-hybridized carbons (Fsp3) is 0.333. The van der Waals surface area contributed by atoms with Gasteiger partial charge in [-0.05, 0) is 85.2 Å². The van der Waals surface area contributed by atoms with Crippen LogP contribution in [0.2, 0.25) is 0 Å². The molecule has 0 aliphatic carbocycles. The monoisotopic (exact) mass is 918 g/mol. The van der Waals surface area contributed by atoms with Gasteiger partial charge in [-0.3, -0.25) is 14.4 Å². The Kier molecular flexibility index (Phi) is 12.3. The topological polar surface area (TPSA) is 202 Å². The number of para-hydroxylation sites is 1. The Morgan fingerprint density at radius 3 is 2.24 bits per heavy atom. The van der Waals surface area contributed by atoms with Crippen molar-refractivity contribution in [3.05, 3.63) is 125 Å². The number of nitrogens with one attached hydrogen (secondary N) is 3. The maximum absolute atomic E-state index is 14.5. The number of aryl methyl sites for hydroxylation is 1. The number of benzene rings is 3. The highest BCUT2D eigenvalue weighted by Crippen LogP contribution is 2.36. The smallest absolute Gasteiger partial charge is 0.252 e. The molecule has 67 heavy (non-hydrogen) atoms. The van der Waals surface area contributed by atoms with Gasteiger partial charge in [0.2, 0.25) is 17.8 Å². The molecule has 4 aromatic heterocycles.